The van der Waals surface area contributed by atoms with Crippen molar-refractivity contribution in [2.24, 2.45) is 0 Å². The van der Waals surface area contributed by atoms with Gasteiger partial charge in [-0.15, -0.1) is 0 Å². The Morgan fingerprint density at radius 2 is 1.85 bits per heavy atom. The number of methoxy groups -OCH3 is 2. The molecule has 0 aliphatic heterocycles. The molecule has 6 heteroatoms. The van der Waals surface area contributed by atoms with Crippen LogP contribution in [0.2, 0.25) is 0 Å². The van der Waals surface area contributed by atoms with E-state index in [-0.39, 0.29) is 12.6 Å². The van der Waals surface area contributed by atoms with Gasteiger partial charge in [0.15, 0.2) is 11.5 Å². The van der Waals surface area contributed by atoms with Gasteiger partial charge in [0.25, 0.3) is 6.43 Å². The molecule has 0 aromatic heterocycles. The second-order valence-corrected chi connectivity index (χ2v) is 4.21. The van der Waals surface area contributed by atoms with Crippen LogP contribution in [-0.2, 0) is 4.74 Å². The Hall–Kier alpha value is -1.40. The molecule has 0 aliphatic carbocycles. The molecule has 0 radical (unpaired) electrons. The van der Waals surface area contributed by atoms with Crippen LogP contribution in [0.25, 0.3) is 0 Å². The van der Waals surface area contributed by atoms with Crippen molar-refractivity contribution in [2.75, 3.05) is 34.5 Å². The Balaban J connectivity index is 2.64. The van der Waals surface area contributed by atoms with Crippen molar-refractivity contribution in [3.8, 4) is 11.5 Å². The maximum Gasteiger partial charge on any atom is 0.261 e. The van der Waals surface area contributed by atoms with E-state index >= 15 is 0 Å². The van der Waals surface area contributed by atoms with Gasteiger partial charge in [0.1, 0.15) is 6.61 Å². The molecule has 20 heavy (non-hydrogen) atoms. The zero-order valence-electron chi connectivity index (χ0n) is 12.0. The van der Waals surface area contributed by atoms with Crippen LogP contribution in [0, 0.1) is 0 Å². The van der Waals surface area contributed by atoms with Crippen LogP contribution in [0.4, 0.5) is 8.78 Å². The highest BCUT2D eigenvalue weighted by atomic mass is 19.3. The predicted molar refractivity (Wildman–Crippen MR) is 72.8 cm³/mol. The quantitative estimate of drug-likeness (QED) is 0.709. The summed E-state index contributed by atoms with van der Waals surface area (Å²) in [7, 11) is 4.96. The molecule has 0 spiro atoms. The normalized spacial score (nSPS) is 12.5. The molecule has 0 aliphatic rings. The van der Waals surface area contributed by atoms with Crippen molar-refractivity contribution in [1.82, 2.24) is 5.32 Å². The second-order valence-electron chi connectivity index (χ2n) is 4.21. The van der Waals surface area contributed by atoms with Gasteiger partial charge in [-0.05, 0) is 31.2 Å². The maximum atomic E-state index is 12.0. The molecule has 114 valence electrons. The number of rotatable bonds is 9. The lowest BCUT2D eigenvalue weighted by Gasteiger charge is -2.18. The summed E-state index contributed by atoms with van der Waals surface area (Å²) in [6.45, 7) is -0.257. The first kappa shape index (κ1) is 16.7. The van der Waals surface area contributed by atoms with E-state index in [0.29, 0.717) is 17.9 Å². The molecule has 1 aromatic carbocycles. The fraction of sp³-hybridized carbons (Fsp3) is 0.571. The van der Waals surface area contributed by atoms with Crippen LogP contribution in [-0.4, -0.2) is 40.9 Å². The first-order valence-corrected chi connectivity index (χ1v) is 6.37. The molecule has 4 nitrogen and oxygen atoms in total. The first-order chi connectivity index (χ1) is 9.62. The van der Waals surface area contributed by atoms with Crippen molar-refractivity contribution in [1.29, 1.82) is 0 Å². The highest BCUT2D eigenvalue weighted by Gasteiger charge is 2.13. The lowest BCUT2D eigenvalue weighted by Crippen LogP contribution is -2.19. The molecule has 0 amide bonds. The van der Waals surface area contributed by atoms with Crippen LogP contribution >= 0.6 is 0 Å². The van der Waals surface area contributed by atoms with E-state index in [2.05, 4.69) is 5.32 Å². The zero-order chi connectivity index (χ0) is 15.0. The second kappa shape index (κ2) is 8.71. The van der Waals surface area contributed by atoms with Crippen LogP contribution in [0.1, 0.15) is 18.0 Å². The summed E-state index contributed by atoms with van der Waals surface area (Å²) in [6, 6.07) is 5.61. The van der Waals surface area contributed by atoms with Gasteiger partial charge in [0.05, 0.1) is 14.2 Å². The van der Waals surface area contributed by atoms with E-state index in [4.69, 9.17) is 14.2 Å². The minimum atomic E-state index is -2.43. The van der Waals surface area contributed by atoms with Gasteiger partial charge in [-0.2, -0.15) is 0 Å². The summed E-state index contributed by atoms with van der Waals surface area (Å²) in [6.07, 6.45) is -1.83. The minimum Gasteiger partial charge on any atom is -0.493 e. The predicted octanol–water partition coefficient (Wildman–Crippen LogP) is 2.64. The van der Waals surface area contributed by atoms with E-state index in [1.54, 1.807) is 14.2 Å². The molecule has 0 bridgehead atoms. The van der Waals surface area contributed by atoms with Gasteiger partial charge in [-0.25, -0.2) is 8.78 Å². The zero-order valence-corrected chi connectivity index (χ0v) is 12.0. The lowest BCUT2D eigenvalue weighted by atomic mass is 10.0. The first-order valence-electron chi connectivity index (χ1n) is 6.37. The van der Waals surface area contributed by atoms with Gasteiger partial charge in [-0.1, -0.05) is 6.07 Å². The summed E-state index contributed by atoms with van der Waals surface area (Å²) < 4.78 is 39.3. The monoisotopic (exact) mass is 289 g/mol. The summed E-state index contributed by atoms with van der Waals surface area (Å²) in [4.78, 5) is 0. The van der Waals surface area contributed by atoms with Gasteiger partial charge in [0, 0.05) is 12.6 Å². The Bertz CT molecular complexity index is 402. The molecule has 1 rings (SSSR count). The minimum absolute atomic E-state index is 0.00692. The third-order valence-corrected chi connectivity index (χ3v) is 2.95. The molecule has 0 fully saturated rings. The van der Waals surface area contributed by atoms with E-state index in [1.165, 1.54) is 0 Å². The van der Waals surface area contributed by atoms with Gasteiger partial charge in [-0.3, -0.25) is 0 Å². The number of nitrogens with one attached hydrogen (secondary N) is 1. The lowest BCUT2D eigenvalue weighted by molar-refractivity contribution is 0.0145. The van der Waals surface area contributed by atoms with Crippen molar-refractivity contribution in [2.45, 2.75) is 18.9 Å². The Kier molecular flexibility index (Phi) is 7.25. The van der Waals surface area contributed by atoms with E-state index in [1.807, 2.05) is 25.2 Å². The fourth-order valence-corrected chi connectivity index (χ4v) is 1.92. The van der Waals surface area contributed by atoms with Gasteiger partial charge in [0.2, 0.25) is 0 Å². The topological polar surface area (TPSA) is 39.7 Å². The Morgan fingerprint density at radius 3 is 2.40 bits per heavy atom. The molecular formula is C14H21F2NO3. The SMILES string of the molecule is CNC(CCOCC(F)F)c1ccc(OC)c(OC)c1. The van der Waals surface area contributed by atoms with Crippen molar-refractivity contribution >= 4 is 0 Å². The van der Waals surface area contributed by atoms with Gasteiger partial charge < -0.3 is 19.5 Å². The Labute approximate surface area is 118 Å². The summed E-state index contributed by atoms with van der Waals surface area (Å²) in [5.41, 5.74) is 0.991. The number of hydrogen-bond donors (Lipinski definition) is 1. The molecule has 1 unspecified atom stereocenters. The standard InChI is InChI=1S/C14H21F2NO3/c1-17-11(6-7-20-9-14(15)16)10-4-5-12(18-2)13(8-10)19-3/h4-5,8,11,14,17H,6-7,9H2,1-3H3. The number of benzene rings is 1. The highest BCUT2D eigenvalue weighted by Crippen LogP contribution is 2.30. The van der Waals surface area contributed by atoms with Crippen LogP contribution < -0.4 is 14.8 Å². The third-order valence-electron chi connectivity index (χ3n) is 2.95. The average Bonchev–Trinajstić information content (AvgIpc) is 2.46. The summed E-state index contributed by atoms with van der Waals surface area (Å²) in [5.74, 6) is 1.29. The average molecular weight is 289 g/mol. The van der Waals surface area contributed by atoms with E-state index in [0.717, 1.165) is 5.56 Å². The molecule has 0 saturated carbocycles. The van der Waals surface area contributed by atoms with Crippen molar-refractivity contribution in [3.63, 3.8) is 0 Å². The molecular weight excluding hydrogens is 268 g/mol. The molecule has 0 heterocycles. The largest absolute Gasteiger partial charge is 0.493 e. The Morgan fingerprint density at radius 1 is 1.15 bits per heavy atom. The molecule has 0 saturated heterocycles. The molecule has 1 aromatic rings. The van der Waals surface area contributed by atoms with Crippen molar-refractivity contribution < 1.29 is 23.0 Å². The van der Waals surface area contributed by atoms with Crippen LogP contribution in [0.5, 0.6) is 11.5 Å². The third kappa shape index (κ3) is 4.94. The fourth-order valence-electron chi connectivity index (χ4n) is 1.92. The number of alkyl halides is 2. The smallest absolute Gasteiger partial charge is 0.261 e. The highest BCUT2D eigenvalue weighted by molar-refractivity contribution is 5.43. The molecule has 1 N–H and O–H groups in total. The van der Waals surface area contributed by atoms with Gasteiger partial charge >= 0.3 is 0 Å². The summed E-state index contributed by atoms with van der Waals surface area (Å²) in [5, 5.41) is 3.13. The van der Waals surface area contributed by atoms with E-state index < -0.39 is 13.0 Å². The van der Waals surface area contributed by atoms with E-state index in [9.17, 15) is 8.78 Å². The maximum absolute atomic E-state index is 12.0. The number of hydrogen-bond acceptors (Lipinski definition) is 4. The molecule has 1 atom stereocenters. The number of ether oxygens (including phenoxy) is 3. The van der Waals surface area contributed by atoms with Crippen LogP contribution in [0.15, 0.2) is 18.2 Å². The summed E-state index contributed by atoms with van der Waals surface area (Å²) >= 11 is 0. The van der Waals surface area contributed by atoms with Crippen molar-refractivity contribution in [3.05, 3.63) is 23.8 Å². The number of halogens is 2. The van der Waals surface area contributed by atoms with Crippen LogP contribution in [0.3, 0.4) is 0 Å².